The Bertz CT molecular complexity index is 1270. The first kappa shape index (κ1) is 22.8. The molecule has 0 saturated heterocycles. The quantitative estimate of drug-likeness (QED) is 0.384. The maximum atomic E-state index is 12.9. The summed E-state index contributed by atoms with van der Waals surface area (Å²) in [5.74, 6) is -2.18. The maximum Gasteiger partial charge on any atom is 0.268 e. The summed E-state index contributed by atoms with van der Waals surface area (Å²) in [4.78, 5) is 24.0. The Hall–Kier alpha value is -2.88. The minimum atomic E-state index is -3.88. The zero-order valence-corrected chi connectivity index (χ0v) is 18.7. The lowest BCUT2D eigenvalue weighted by Crippen LogP contribution is -2.28. The summed E-state index contributed by atoms with van der Waals surface area (Å²) in [6.07, 6.45) is 0. The van der Waals surface area contributed by atoms with E-state index in [0.717, 1.165) is 16.5 Å². The van der Waals surface area contributed by atoms with Crippen LogP contribution in [0.4, 0.5) is 0 Å². The summed E-state index contributed by atoms with van der Waals surface area (Å²) >= 11 is 6.31. The number of amides is 2. The topological polar surface area (TPSA) is 118 Å². The molecule has 2 aromatic carbocycles. The summed E-state index contributed by atoms with van der Waals surface area (Å²) in [5, 5.41) is 12.8. The number of aryl methyl sites for hydroxylation is 2. The van der Waals surface area contributed by atoms with Crippen LogP contribution in [0.3, 0.4) is 0 Å². The van der Waals surface area contributed by atoms with Gasteiger partial charge in [-0.1, -0.05) is 23.7 Å². The molecule has 1 aromatic heterocycles. The van der Waals surface area contributed by atoms with Crippen molar-refractivity contribution in [3.05, 3.63) is 64.3 Å². The lowest BCUT2D eigenvalue weighted by molar-refractivity contribution is -0.126. The van der Waals surface area contributed by atoms with E-state index in [1.165, 1.54) is 17.6 Å². The maximum absolute atomic E-state index is 12.9. The van der Waals surface area contributed by atoms with E-state index < -0.39 is 27.5 Å². The van der Waals surface area contributed by atoms with Gasteiger partial charge in [-0.25, -0.2) is 13.9 Å². The number of rotatable bonds is 6. The van der Waals surface area contributed by atoms with Crippen LogP contribution < -0.4 is 10.8 Å². The molecule has 1 atom stereocenters. The van der Waals surface area contributed by atoms with Crippen molar-refractivity contribution in [2.75, 3.05) is 5.75 Å². The largest absolute Gasteiger partial charge is 0.344 e. The zero-order chi connectivity index (χ0) is 22.9. The van der Waals surface area contributed by atoms with Crippen LogP contribution in [0.1, 0.15) is 34.6 Å². The second kappa shape index (κ2) is 8.70. The standard InChI is InChI=1S/C21H22ClN3O5S/c1-12-8-17(22)16-10-19(25(3)18(16)9-12)21(27)23-13(2)14-4-6-15(7-5-14)31(29,30)11-20(26)24-28/h4-10,13,28H,11H2,1-3H3,(H,23,27)(H,24,26). The molecule has 164 valence electrons. The molecule has 1 unspecified atom stereocenters. The molecule has 0 aliphatic heterocycles. The van der Waals surface area contributed by atoms with Crippen LogP contribution in [0.2, 0.25) is 5.02 Å². The van der Waals surface area contributed by atoms with Crippen molar-refractivity contribution in [2.45, 2.75) is 24.8 Å². The van der Waals surface area contributed by atoms with Gasteiger partial charge < -0.3 is 9.88 Å². The average Bonchev–Trinajstić information content (AvgIpc) is 3.04. The Kier molecular flexibility index (Phi) is 6.40. The zero-order valence-electron chi connectivity index (χ0n) is 17.1. The van der Waals surface area contributed by atoms with Crippen LogP contribution in [-0.4, -0.2) is 35.8 Å². The van der Waals surface area contributed by atoms with E-state index in [9.17, 15) is 18.0 Å². The number of hydroxylamine groups is 1. The molecular weight excluding hydrogens is 442 g/mol. The van der Waals surface area contributed by atoms with E-state index in [1.807, 2.05) is 19.1 Å². The highest BCUT2D eigenvalue weighted by atomic mass is 35.5. The Labute approximate surface area is 184 Å². The highest BCUT2D eigenvalue weighted by molar-refractivity contribution is 7.92. The Morgan fingerprint density at radius 1 is 1.16 bits per heavy atom. The third kappa shape index (κ3) is 4.73. The number of hydrogen-bond acceptors (Lipinski definition) is 5. The third-order valence-electron chi connectivity index (χ3n) is 5.02. The number of nitrogens with one attached hydrogen (secondary N) is 2. The van der Waals surface area contributed by atoms with Gasteiger partial charge in [0.15, 0.2) is 9.84 Å². The lowest BCUT2D eigenvalue weighted by Gasteiger charge is -2.15. The van der Waals surface area contributed by atoms with Crippen molar-refractivity contribution in [1.82, 2.24) is 15.4 Å². The van der Waals surface area contributed by atoms with Gasteiger partial charge in [-0.2, -0.15) is 0 Å². The summed E-state index contributed by atoms with van der Waals surface area (Å²) in [5.41, 5.74) is 4.28. The monoisotopic (exact) mass is 463 g/mol. The summed E-state index contributed by atoms with van der Waals surface area (Å²) in [7, 11) is -2.09. The van der Waals surface area contributed by atoms with Crippen molar-refractivity contribution in [1.29, 1.82) is 0 Å². The predicted octanol–water partition coefficient (Wildman–Crippen LogP) is 2.91. The third-order valence-corrected chi connectivity index (χ3v) is 6.97. The molecule has 3 N–H and O–H groups in total. The summed E-state index contributed by atoms with van der Waals surface area (Å²) < 4.78 is 26.1. The van der Waals surface area contributed by atoms with E-state index in [2.05, 4.69) is 5.32 Å². The second-order valence-corrected chi connectivity index (χ2v) is 9.72. The number of carbonyl (C=O) groups is 2. The normalized spacial score (nSPS) is 12.5. The predicted molar refractivity (Wildman–Crippen MR) is 117 cm³/mol. The first-order chi connectivity index (χ1) is 14.5. The molecule has 2 amide bonds. The van der Waals surface area contributed by atoms with Crippen LogP contribution in [0, 0.1) is 6.92 Å². The van der Waals surface area contributed by atoms with Crippen LogP contribution in [-0.2, 0) is 21.7 Å². The van der Waals surface area contributed by atoms with Gasteiger partial charge in [0.1, 0.15) is 11.4 Å². The number of nitrogens with zero attached hydrogens (tertiary/aromatic N) is 1. The minimum Gasteiger partial charge on any atom is -0.344 e. The van der Waals surface area contributed by atoms with Crippen LogP contribution in [0.5, 0.6) is 0 Å². The first-order valence-electron chi connectivity index (χ1n) is 9.35. The Morgan fingerprint density at radius 2 is 1.81 bits per heavy atom. The highest BCUT2D eigenvalue weighted by Gasteiger charge is 2.21. The smallest absolute Gasteiger partial charge is 0.268 e. The van der Waals surface area contributed by atoms with Gasteiger partial charge in [-0.15, -0.1) is 0 Å². The van der Waals surface area contributed by atoms with Crippen molar-refractivity contribution in [2.24, 2.45) is 7.05 Å². The molecule has 0 aliphatic carbocycles. The highest BCUT2D eigenvalue weighted by Crippen LogP contribution is 2.28. The Balaban J connectivity index is 1.79. The van der Waals surface area contributed by atoms with Crippen molar-refractivity contribution >= 4 is 44.2 Å². The van der Waals surface area contributed by atoms with Gasteiger partial charge in [-0.05, 0) is 55.3 Å². The number of aromatic nitrogens is 1. The van der Waals surface area contributed by atoms with Gasteiger partial charge in [0, 0.05) is 12.4 Å². The SMILES string of the molecule is Cc1cc(Cl)c2cc(C(=O)NC(C)c3ccc(S(=O)(=O)CC(=O)NO)cc3)n(C)c2c1. The van der Waals surface area contributed by atoms with Gasteiger partial charge in [0.2, 0.25) is 0 Å². The minimum absolute atomic E-state index is 0.0583. The molecular formula is C21H22ClN3O5S. The molecule has 0 aliphatic rings. The number of benzene rings is 2. The second-order valence-electron chi connectivity index (χ2n) is 7.33. The summed E-state index contributed by atoms with van der Waals surface area (Å²) in [6, 6.07) is 11.0. The van der Waals surface area contributed by atoms with E-state index in [-0.39, 0.29) is 10.8 Å². The van der Waals surface area contributed by atoms with Gasteiger partial charge in [-0.3, -0.25) is 14.8 Å². The first-order valence-corrected chi connectivity index (χ1v) is 11.4. The molecule has 3 rings (SSSR count). The average molecular weight is 464 g/mol. The van der Waals surface area contributed by atoms with Gasteiger partial charge >= 0.3 is 0 Å². The fraction of sp³-hybridized carbons (Fsp3) is 0.238. The molecule has 0 bridgehead atoms. The molecule has 0 spiro atoms. The summed E-state index contributed by atoms with van der Waals surface area (Å²) in [6.45, 7) is 3.71. The van der Waals surface area contributed by atoms with Crippen LogP contribution in [0.15, 0.2) is 47.4 Å². The lowest BCUT2D eigenvalue weighted by atomic mass is 10.1. The molecule has 1 heterocycles. The van der Waals surface area contributed by atoms with E-state index >= 15 is 0 Å². The molecule has 10 heteroatoms. The molecule has 31 heavy (non-hydrogen) atoms. The molecule has 0 radical (unpaired) electrons. The van der Waals surface area contributed by atoms with Crippen molar-refractivity contribution < 1.29 is 23.2 Å². The van der Waals surface area contributed by atoms with Crippen molar-refractivity contribution in [3.8, 4) is 0 Å². The molecule has 3 aromatic rings. The fourth-order valence-electron chi connectivity index (χ4n) is 3.34. The number of hydrogen-bond donors (Lipinski definition) is 3. The number of carbonyl (C=O) groups excluding carboxylic acids is 2. The molecule has 0 fully saturated rings. The van der Waals surface area contributed by atoms with Crippen LogP contribution in [0.25, 0.3) is 10.9 Å². The number of fused-ring (bicyclic) bond motifs is 1. The van der Waals surface area contributed by atoms with E-state index in [1.54, 1.807) is 36.7 Å². The number of sulfone groups is 1. The molecule has 8 nitrogen and oxygen atoms in total. The van der Waals surface area contributed by atoms with E-state index in [0.29, 0.717) is 16.3 Å². The number of halogens is 1. The van der Waals surface area contributed by atoms with Crippen molar-refractivity contribution in [3.63, 3.8) is 0 Å². The fourth-order valence-corrected chi connectivity index (χ4v) is 4.79. The van der Waals surface area contributed by atoms with Gasteiger partial charge in [0.05, 0.1) is 21.5 Å². The van der Waals surface area contributed by atoms with E-state index in [4.69, 9.17) is 16.8 Å². The van der Waals surface area contributed by atoms with Crippen LogP contribution >= 0.6 is 11.6 Å². The van der Waals surface area contributed by atoms with Gasteiger partial charge in [0.25, 0.3) is 11.8 Å². The Morgan fingerprint density at radius 3 is 2.42 bits per heavy atom. The molecule has 0 saturated carbocycles.